The van der Waals surface area contributed by atoms with Crippen molar-refractivity contribution in [3.8, 4) is 0 Å². The summed E-state index contributed by atoms with van der Waals surface area (Å²) in [5, 5.41) is 3.44. The van der Waals surface area contributed by atoms with E-state index in [1.807, 2.05) is 13.0 Å². The summed E-state index contributed by atoms with van der Waals surface area (Å²) in [4.78, 5) is 3.68. The minimum Gasteiger partial charge on any atom is -0.380 e. The second-order valence-corrected chi connectivity index (χ2v) is 5.81. The molecule has 18 heavy (non-hydrogen) atoms. The third kappa shape index (κ3) is 6.71. The molecule has 0 aliphatic carbocycles. The number of hydrogen-bond acceptors (Lipinski definition) is 4. The third-order valence-corrected chi connectivity index (χ3v) is 3.97. The van der Waals surface area contributed by atoms with Crippen molar-refractivity contribution in [2.45, 2.75) is 20.4 Å². The van der Waals surface area contributed by atoms with E-state index in [0.29, 0.717) is 0 Å². The second-order valence-electron chi connectivity index (χ2n) is 4.01. The highest BCUT2D eigenvalue weighted by atomic mass is 35.5. The average Bonchev–Trinajstić information content (AvgIpc) is 2.78. The van der Waals surface area contributed by atoms with Crippen LogP contribution >= 0.6 is 22.9 Å². The molecule has 0 saturated carbocycles. The van der Waals surface area contributed by atoms with Crippen molar-refractivity contribution >= 4 is 22.9 Å². The highest BCUT2D eigenvalue weighted by molar-refractivity contribution is 7.16. The summed E-state index contributed by atoms with van der Waals surface area (Å²) < 4.78 is 6.23. The van der Waals surface area contributed by atoms with Crippen molar-refractivity contribution in [2.24, 2.45) is 0 Å². The van der Waals surface area contributed by atoms with Gasteiger partial charge in [0.25, 0.3) is 0 Å². The van der Waals surface area contributed by atoms with Crippen molar-refractivity contribution in [3.05, 3.63) is 21.3 Å². The predicted molar refractivity (Wildman–Crippen MR) is 79.6 cm³/mol. The van der Waals surface area contributed by atoms with Crippen LogP contribution in [0.2, 0.25) is 4.34 Å². The molecule has 3 nitrogen and oxygen atoms in total. The number of likely N-dealkylation sites (N-methyl/N-ethyl adjacent to an activating group) is 1. The first-order valence-electron chi connectivity index (χ1n) is 6.51. The van der Waals surface area contributed by atoms with Crippen LogP contribution in [0.3, 0.4) is 0 Å². The van der Waals surface area contributed by atoms with Crippen LogP contribution in [0, 0.1) is 0 Å². The van der Waals surface area contributed by atoms with Gasteiger partial charge in [-0.3, -0.25) is 0 Å². The third-order valence-electron chi connectivity index (χ3n) is 2.74. The van der Waals surface area contributed by atoms with Gasteiger partial charge in [-0.1, -0.05) is 18.5 Å². The van der Waals surface area contributed by atoms with Crippen LogP contribution in [0.4, 0.5) is 0 Å². The molecule has 5 heteroatoms. The van der Waals surface area contributed by atoms with Gasteiger partial charge >= 0.3 is 0 Å². The maximum absolute atomic E-state index is 5.89. The fourth-order valence-electron chi connectivity index (χ4n) is 1.66. The minimum absolute atomic E-state index is 0.801. The Hall–Kier alpha value is -0.130. The van der Waals surface area contributed by atoms with Crippen molar-refractivity contribution in [1.82, 2.24) is 10.2 Å². The number of nitrogens with zero attached hydrogens (tertiary/aromatic N) is 1. The van der Waals surface area contributed by atoms with Crippen LogP contribution in [0.1, 0.15) is 18.7 Å². The summed E-state index contributed by atoms with van der Waals surface area (Å²) in [6.07, 6.45) is 0. The van der Waals surface area contributed by atoms with Gasteiger partial charge in [0.1, 0.15) is 0 Å². The number of halogens is 1. The maximum atomic E-state index is 5.89. The van der Waals surface area contributed by atoms with E-state index in [2.05, 4.69) is 23.2 Å². The van der Waals surface area contributed by atoms with Crippen molar-refractivity contribution < 1.29 is 4.74 Å². The minimum atomic E-state index is 0.801. The van der Waals surface area contributed by atoms with Crippen molar-refractivity contribution in [1.29, 1.82) is 0 Å². The zero-order valence-corrected chi connectivity index (χ0v) is 12.8. The Morgan fingerprint density at radius 3 is 2.78 bits per heavy atom. The fraction of sp³-hybridized carbons (Fsp3) is 0.692. The molecule has 0 spiro atoms. The lowest BCUT2D eigenvalue weighted by atomic mass is 10.4. The molecule has 0 amide bonds. The molecule has 0 saturated heterocycles. The van der Waals surface area contributed by atoms with Crippen LogP contribution in [0.25, 0.3) is 0 Å². The van der Waals surface area contributed by atoms with Crippen LogP contribution < -0.4 is 5.32 Å². The molecule has 1 aromatic heterocycles. The summed E-state index contributed by atoms with van der Waals surface area (Å²) in [6, 6.07) is 4.02. The van der Waals surface area contributed by atoms with Gasteiger partial charge < -0.3 is 15.0 Å². The number of ether oxygens (including phenoxy) is 1. The van der Waals surface area contributed by atoms with Gasteiger partial charge in [0.2, 0.25) is 0 Å². The fourth-order valence-corrected chi connectivity index (χ4v) is 2.72. The smallest absolute Gasteiger partial charge is 0.0931 e. The molecule has 0 atom stereocenters. The molecule has 0 aromatic carbocycles. The molecule has 0 aliphatic rings. The lowest BCUT2D eigenvalue weighted by Gasteiger charge is -2.20. The molecule has 1 N–H and O–H groups in total. The Balaban J connectivity index is 2.07. The first kappa shape index (κ1) is 15.9. The van der Waals surface area contributed by atoms with Gasteiger partial charge in [-0.2, -0.15) is 0 Å². The first-order valence-corrected chi connectivity index (χ1v) is 7.70. The molecule has 0 radical (unpaired) electrons. The van der Waals surface area contributed by atoms with Gasteiger partial charge in [-0.15, -0.1) is 11.3 Å². The average molecular weight is 291 g/mol. The molecule has 1 rings (SSSR count). The van der Waals surface area contributed by atoms with E-state index in [9.17, 15) is 0 Å². The van der Waals surface area contributed by atoms with Crippen LogP contribution in [0.15, 0.2) is 12.1 Å². The summed E-state index contributed by atoms with van der Waals surface area (Å²) in [5.41, 5.74) is 0. The monoisotopic (exact) mass is 290 g/mol. The zero-order valence-electron chi connectivity index (χ0n) is 11.2. The van der Waals surface area contributed by atoms with Crippen LogP contribution in [0.5, 0.6) is 0 Å². The van der Waals surface area contributed by atoms with E-state index in [1.54, 1.807) is 11.3 Å². The van der Waals surface area contributed by atoms with Gasteiger partial charge in [0.15, 0.2) is 0 Å². The van der Waals surface area contributed by atoms with E-state index >= 15 is 0 Å². The van der Waals surface area contributed by atoms with Gasteiger partial charge in [0.05, 0.1) is 10.9 Å². The predicted octanol–water partition coefficient (Wildman–Crippen LogP) is 2.85. The van der Waals surface area contributed by atoms with E-state index < -0.39 is 0 Å². The zero-order chi connectivity index (χ0) is 13.2. The summed E-state index contributed by atoms with van der Waals surface area (Å²) in [6.45, 7) is 10.9. The molecular weight excluding hydrogens is 268 g/mol. The van der Waals surface area contributed by atoms with Crippen molar-refractivity contribution in [3.63, 3.8) is 0 Å². The maximum Gasteiger partial charge on any atom is 0.0931 e. The van der Waals surface area contributed by atoms with E-state index in [1.165, 1.54) is 4.88 Å². The Bertz CT molecular complexity index is 320. The molecule has 1 aromatic rings. The molecule has 1 heterocycles. The van der Waals surface area contributed by atoms with E-state index in [-0.39, 0.29) is 0 Å². The lowest BCUT2D eigenvalue weighted by molar-refractivity contribution is 0.115. The number of nitrogens with one attached hydrogen (secondary N) is 1. The number of thiophene rings is 1. The molecular formula is C13H23ClN2OS. The summed E-state index contributed by atoms with van der Waals surface area (Å²) in [5.74, 6) is 0. The molecule has 104 valence electrons. The summed E-state index contributed by atoms with van der Waals surface area (Å²) >= 11 is 7.52. The number of rotatable bonds is 10. The van der Waals surface area contributed by atoms with E-state index in [0.717, 1.165) is 50.3 Å². The SMILES string of the molecule is CCOCCN(CC)CCNCc1ccc(Cl)s1. The number of hydrogen-bond donors (Lipinski definition) is 1. The highest BCUT2D eigenvalue weighted by Gasteiger charge is 2.02. The Kier molecular flexibility index (Phi) is 8.63. The van der Waals surface area contributed by atoms with Crippen LogP contribution in [-0.2, 0) is 11.3 Å². The van der Waals surface area contributed by atoms with E-state index in [4.69, 9.17) is 16.3 Å². The largest absolute Gasteiger partial charge is 0.380 e. The molecule has 0 aliphatic heterocycles. The lowest BCUT2D eigenvalue weighted by Crippen LogP contribution is -2.34. The molecule has 0 bridgehead atoms. The topological polar surface area (TPSA) is 24.5 Å². The van der Waals surface area contributed by atoms with Crippen molar-refractivity contribution in [2.75, 3.05) is 39.4 Å². The Morgan fingerprint density at radius 2 is 2.17 bits per heavy atom. The molecule has 0 fully saturated rings. The van der Waals surface area contributed by atoms with Gasteiger partial charge in [-0.25, -0.2) is 0 Å². The van der Waals surface area contributed by atoms with Crippen LogP contribution in [-0.4, -0.2) is 44.3 Å². The van der Waals surface area contributed by atoms with Gasteiger partial charge in [0, 0.05) is 37.7 Å². The highest BCUT2D eigenvalue weighted by Crippen LogP contribution is 2.20. The molecule has 0 unspecified atom stereocenters. The second kappa shape index (κ2) is 9.75. The van der Waals surface area contributed by atoms with Gasteiger partial charge in [-0.05, 0) is 25.6 Å². The quantitative estimate of drug-likeness (QED) is 0.671. The normalized spacial score (nSPS) is 11.3. The first-order chi connectivity index (χ1) is 8.76. The summed E-state index contributed by atoms with van der Waals surface area (Å²) in [7, 11) is 0. The Morgan fingerprint density at radius 1 is 1.33 bits per heavy atom. The standard InChI is InChI=1S/C13H23ClN2OS/c1-3-16(9-10-17-4-2)8-7-15-11-12-5-6-13(14)18-12/h5-6,15H,3-4,7-11H2,1-2H3. The Labute approximate surface area is 119 Å².